The molecule has 1 aliphatic carbocycles. The van der Waals surface area contributed by atoms with Crippen LogP contribution in [0.15, 0.2) is 18.2 Å². The Balaban J connectivity index is 1.42. The number of anilines is 1. The van der Waals surface area contributed by atoms with Crippen molar-refractivity contribution in [3.63, 3.8) is 0 Å². The molecule has 1 aromatic heterocycles. The van der Waals surface area contributed by atoms with Gasteiger partial charge in [0.15, 0.2) is 5.13 Å². The van der Waals surface area contributed by atoms with Crippen molar-refractivity contribution in [2.75, 3.05) is 18.0 Å². The molecular formula is C16H18ClN3OS. The van der Waals surface area contributed by atoms with E-state index in [1.54, 1.807) is 11.3 Å². The molecule has 1 saturated carbocycles. The lowest BCUT2D eigenvalue weighted by Crippen LogP contribution is -2.41. The fourth-order valence-electron chi connectivity index (χ4n) is 2.90. The average Bonchev–Trinajstić information content (AvgIpc) is 3.23. The number of amides is 1. The Hall–Kier alpha value is -1.33. The quantitative estimate of drug-likeness (QED) is 0.934. The molecule has 116 valence electrons. The Morgan fingerprint density at radius 1 is 1.27 bits per heavy atom. The van der Waals surface area contributed by atoms with Crippen LogP contribution in [0.4, 0.5) is 5.13 Å². The Morgan fingerprint density at radius 2 is 2.05 bits per heavy atom. The van der Waals surface area contributed by atoms with Gasteiger partial charge in [-0.1, -0.05) is 22.9 Å². The predicted octanol–water partition coefficient (Wildman–Crippen LogP) is 3.44. The summed E-state index contributed by atoms with van der Waals surface area (Å²) in [5, 5.41) is 4.91. The van der Waals surface area contributed by atoms with E-state index in [9.17, 15) is 4.79 Å². The summed E-state index contributed by atoms with van der Waals surface area (Å²) in [6.07, 6.45) is 4.13. The SMILES string of the molecule is O=C(NC1CC1)C1CCN(c2nc3ccc(Cl)cc3s2)CC1. The van der Waals surface area contributed by atoms with Crippen molar-refractivity contribution in [2.24, 2.45) is 5.92 Å². The third-order valence-corrected chi connectivity index (χ3v) is 5.71. The van der Waals surface area contributed by atoms with Crippen LogP contribution in [-0.2, 0) is 4.79 Å². The zero-order chi connectivity index (χ0) is 15.1. The highest BCUT2D eigenvalue weighted by molar-refractivity contribution is 7.22. The average molecular weight is 336 g/mol. The summed E-state index contributed by atoms with van der Waals surface area (Å²) in [5.74, 6) is 0.416. The van der Waals surface area contributed by atoms with Crippen molar-refractivity contribution >= 4 is 44.2 Å². The van der Waals surface area contributed by atoms with Crippen LogP contribution in [0.25, 0.3) is 10.2 Å². The molecule has 1 amide bonds. The first-order chi connectivity index (χ1) is 10.7. The zero-order valence-corrected chi connectivity index (χ0v) is 13.8. The maximum absolute atomic E-state index is 12.1. The number of nitrogens with one attached hydrogen (secondary N) is 1. The molecule has 1 aromatic carbocycles. The van der Waals surface area contributed by atoms with Crippen molar-refractivity contribution in [3.8, 4) is 0 Å². The second-order valence-corrected chi connectivity index (χ2v) is 7.60. The van der Waals surface area contributed by atoms with Gasteiger partial charge in [0.2, 0.25) is 5.91 Å². The normalized spacial score (nSPS) is 19.6. The van der Waals surface area contributed by atoms with Crippen LogP contribution in [0.5, 0.6) is 0 Å². The number of fused-ring (bicyclic) bond motifs is 1. The number of piperidine rings is 1. The number of aromatic nitrogens is 1. The topological polar surface area (TPSA) is 45.2 Å². The number of carbonyl (C=O) groups is 1. The van der Waals surface area contributed by atoms with E-state index in [-0.39, 0.29) is 11.8 Å². The van der Waals surface area contributed by atoms with E-state index in [0.717, 1.165) is 59.1 Å². The number of nitrogens with zero attached hydrogens (tertiary/aromatic N) is 2. The van der Waals surface area contributed by atoms with E-state index in [4.69, 9.17) is 16.6 Å². The first-order valence-electron chi connectivity index (χ1n) is 7.80. The molecule has 2 aliphatic rings. The summed E-state index contributed by atoms with van der Waals surface area (Å²) in [5.41, 5.74) is 0.998. The van der Waals surface area contributed by atoms with Crippen LogP contribution >= 0.6 is 22.9 Å². The lowest BCUT2D eigenvalue weighted by Gasteiger charge is -2.31. The summed E-state index contributed by atoms with van der Waals surface area (Å²) in [6.45, 7) is 1.80. The number of benzene rings is 1. The van der Waals surface area contributed by atoms with Crippen LogP contribution in [0.2, 0.25) is 5.02 Å². The third-order valence-electron chi connectivity index (χ3n) is 4.40. The standard InChI is InChI=1S/C16H18ClN3OS/c17-11-1-4-13-14(9-11)22-16(19-13)20-7-5-10(6-8-20)15(21)18-12-2-3-12/h1,4,9-10,12H,2-3,5-8H2,(H,18,21). The second-order valence-electron chi connectivity index (χ2n) is 6.15. The van der Waals surface area contributed by atoms with Gasteiger partial charge in [-0.25, -0.2) is 4.98 Å². The molecule has 1 saturated heterocycles. The minimum absolute atomic E-state index is 0.167. The summed E-state index contributed by atoms with van der Waals surface area (Å²) >= 11 is 7.71. The van der Waals surface area contributed by atoms with Gasteiger partial charge in [-0.15, -0.1) is 0 Å². The van der Waals surface area contributed by atoms with Crippen LogP contribution < -0.4 is 10.2 Å². The van der Waals surface area contributed by atoms with Gasteiger partial charge in [-0.05, 0) is 43.9 Å². The summed E-state index contributed by atoms with van der Waals surface area (Å²) in [4.78, 5) is 19.1. The minimum atomic E-state index is 0.167. The first-order valence-corrected chi connectivity index (χ1v) is 9.00. The molecule has 0 atom stereocenters. The molecule has 6 heteroatoms. The summed E-state index contributed by atoms with van der Waals surface area (Å²) in [7, 11) is 0. The highest BCUT2D eigenvalue weighted by Gasteiger charge is 2.30. The predicted molar refractivity (Wildman–Crippen MR) is 90.7 cm³/mol. The van der Waals surface area contributed by atoms with E-state index >= 15 is 0 Å². The lowest BCUT2D eigenvalue weighted by atomic mass is 9.96. The molecule has 22 heavy (non-hydrogen) atoms. The maximum atomic E-state index is 12.1. The highest BCUT2D eigenvalue weighted by Crippen LogP contribution is 2.33. The van der Waals surface area contributed by atoms with Crippen LogP contribution in [-0.4, -0.2) is 30.0 Å². The van der Waals surface area contributed by atoms with Gasteiger partial charge in [-0.2, -0.15) is 0 Å². The maximum Gasteiger partial charge on any atom is 0.223 e. The molecule has 0 bridgehead atoms. The summed E-state index contributed by atoms with van der Waals surface area (Å²) < 4.78 is 1.12. The van der Waals surface area contributed by atoms with E-state index in [1.165, 1.54) is 0 Å². The Kier molecular flexibility index (Phi) is 3.70. The van der Waals surface area contributed by atoms with Crippen molar-refractivity contribution in [1.29, 1.82) is 0 Å². The first kappa shape index (κ1) is 14.3. The fraction of sp³-hybridized carbons (Fsp3) is 0.500. The molecule has 0 spiro atoms. The Bertz CT molecular complexity index is 704. The van der Waals surface area contributed by atoms with Crippen molar-refractivity contribution in [2.45, 2.75) is 31.7 Å². The number of rotatable bonds is 3. The molecule has 1 N–H and O–H groups in total. The van der Waals surface area contributed by atoms with Gasteiger partial charge in [-0.3, -0.25) is 4.79 Å². The highest BCUT2D eigenvalue weighted by atomic mass is 35.5. The van der Waals surface area contributed by atoms with Crippen LogP contribution in [0.1, 0.15) is 25.7 Å². The molecule has 2 heterocycles. The Morgan fingerprint density at radius 3 is 2.77 bits per heavy atom. The Labute approximate surface area is 138 Å². The van der Waals surface area contributed by atoms with E-state index in [0.29, 0.717) is 6.04 Å². The van der Waals surface area contributed by atoms with Gasteiger partial charge in [0.1, 0.15) is 0 Å². The molecule has 2 aromatic rings. The number of thiazole rings is 1. The second kappa shape index (κ2) is 5.70. The molecular weight excluding hydrogens is 318 g/mol. The number of hydrogen-bond acceptors (Lipinski definition) is 4. The molecule has 0 unspecified atom stereocenters. The van der Waals surface area contributed by atoms with E-state index < -0.39 is 0 Å². The molecule has 2 fully saturated rings. The van der Waals surface area contributed by atoms with E-state index in [2.05, 4.69) is 10.2 Å². The van der Waals surface area contributed by atoms with Gasteiger partial charge >= 0.3 is 0 Å². The third kappa shape index (κ3) is 2.92. The van der Waals surface area contributed by atoms with Gasteiger partial charge in [0.05, 0.1) is 10.2 Å². The number of hydrogen-bond donors (Lipinski definition) is 1. The lowest BCUT2D eigenvalue weighted by molar-refractivity contribution is -0.125. The summed E-state index contributed by atoms with van der Waals surface area (Å²) in [6, 6.07) is 6.27. The van der Waals surface area contributed by atoms with Crippen LogP contribution in [0, 0.1) is 5.92 Å². The van der Waals surface area contributed by atoms with Crippen LogP contribution in [0.3, 0.4) is 0 Å². The van der Waals surface area contributed by atoms with E-state index in [1.807, 2.05) is 18.2 Å². The minimum Gasteiger partial charge on any atom is -0.353 e. The smallest absolute Gasteiger partial charge is 0.223 e. The molecule has 4 rings (SSSR count). The van der Waals surface area contributed by atoms with Crippen molar-refractivity contribution in [1.82, 2.24) is 10.3 Å². The van der Waals surface area contributed by atoms with Gasteiger partial charge in [0.25, 0.3) is 0 Å². The zero-order valence-electron chi connectivity index (χ0n) is 12.2. The number of carbonyl (C=O) groups excluding carboxylic acids is 1. The van der Waals surface area contributed by atoms with Gasteiger partial charge in [0, 0.05) is 30.1 Å². The molecule has 0 radical (unpaired) electrons. The monoisotopic (exact) mass is 335 g/mol. The molecule has 1 aliphatic heterocycles. The number of halogens is 1. The van der Waals surface area contributed by atoms with Crippen molar-refractivity contribution in [3.05, 3.63) is 23.2 Å². The molecule has 4 nitrogen and oxygen atoms in total. The van der Waals surface area contributed by atoms with Crippen molar-refractivity contribution < 1.29 is 4.79 Å². The van der Waals surface area contributed by atoms with Gasteiger partial charge < -0.3 is 10.2 Å². The largest absolute Gasteiger partial charge is 0.353 e. The fourth-order valence-corrected chi connectivity index (χ4v) is 4.19.